The molecular weight excluding hydrogens is 336 g/mol. The molecule has 0 radical (unpaired) electrons. The Kier molecular flexibility index (Phi) is 4.37. The van der Waals surface area contributed by atoms with E-state index in [1.165, 1.54) is 30.4 Å². The largest absolute Gasteiger partial charge is 0.237 e. The molecule has 0 amide bonds. The van der Waals surface area contributed by atoms with E-state index >= 15 is 0 Å². The minimum absolute atomic E-state index is 0.656. The number of halogens is 2. The summed E-state index contributed by atoms with van der Waals surface area (Å²) in [6, 6.07) is 8.26. The van der Waals surface area contributed by atoms with Crippen LogP contribution >= 0.6 is 27.5 Å². The van der Waals surface area contributed by atoms with Crippen molar-refractivity contribution in [2.75, 3.05) is 0 Å². The summed E-state index contributed by atoms with van der Waals surface area (Å²) < 4.78 is 1.09. The fourth-order valence-electron chi connectivity index (χ4n) is 2.64. The van der Waals surface area contributed by atoms with E-state index in [2.05, 4.69) is 33.0 Å². The Hall–Kier alpha value is -0.930. The van der Waals surface area contributed by atoms with Gasteiger partial charge in [0.15, 0.2) is 0 Å². The van der Waals surface area contributed by atoms with Gasteiger partial charge >= 0.3 is 0 Å². The Bertz CT molecular complexity index is 611. The van der Waals surface area contributed by atoms with Crippen LogP contribution in [-0.4, -0.2) is 9.97 Å². The average molecular weight is 352 g/mol. The van der Waals surface area contributed by atoms with Crippen LogP contribution in [0.4, 0.5) is 0 Å². The molecule has 20 heavy (non-hydrogen) atoms. The highest BCUT2D eigenvalue weighted by atomic mass is 79.9. The third-order valence-corrected chi connectivity index (χ3v) is 4.55. The molecule has 0 saturated heterocycles. The lowest BCUT2D eigenvalue weighted by atomic mass is 10.1. The van der Waals surface area contributed by atoms with Crippen molar-refractivity contribution in [3.8, 4) is 0 Å². The molecule has 1 heterocycles. The van der Waals surface area contributed by atoms with Crippen molar-refractivity contribution >= 4 is 27.5 Å². The molecular formula is C16H16BrClN2. The fraction of sp³-hybridized carbons (Fsp3) is 0.375. The molecule has 1 aliphatic carbocycles. The highest BCUT2D eigenvalue weighted by Gasteiger charge is 2.15. The van der Waals surface area contributed by atoms with Crippen LogP contribution in [-0.2, 0) is 19.3 Å². The number of hydrogen-bond acceptors (Lipinski definition) is 2. The molecule has 0 atom stereocenters. The Morgan fingerprint density at radius 3 is 2.55 bits per heavy atom. The fourth-order valence-corrected chi connectivity index (χ4v) is 3.20. The van der Waals surface area contributed by atoms with Crippen molar-refractivity contribution in [3.63, 3.8) is 0 Å². The van der Waals surface area contributed by atoms with Crippen molar-refractivity contribution in [3.05, 3.63) is 56.5 Å². The van der Waals surface area contributed by atoms with Crippen LogP contribution in [0, 0.1) is 0 Å². The summed E-state index contributed by atoms with van der Waals surface area (Å²) in [6.45, 7) is 0. The molecule has 2 aromatic rings. The first kappa shape index (κ1) is 14.0. The summed E-state index contributed by atoms with van der Waals surface area (Å²) in [5, 5.41) is 0.656. The topological polar surface area (TPSA) is 25.8 Å². The zero-order chi connectivity index (χ0) is 13.9. The molecule has 0 fully saturated rings. The number of hydrogen-bond donors (Lipinski definition) is 0. The second-order valence-corrected chi connectivity index (χ2v) is 6.49. The summed E-state index contributed by atoms with van der Waals surface area (Å²) in [5.41, 5.74) is 3.54. The standard InChI is InChI=1S/C16H16BrClN2/c17-12-8-6-11(7-9-12)10-15-19-14-5-3-1-2-4-13(14)16(18)20-15/h6-9H,1-5,10H2. The van der Waals surface area contributed by atoms with E-state index in [4.69, 9.17) is 16.6 Å². The van der Waals surface area contributed by atoms with Gasteiger partial charge in [0, 0.05) is 22.2 Å². The van der Waals surface area contributed by atoms with Crippen LogP contribution in [0.2, 0.25) is 5.15 Å². The first-order chi connectivity index (χ1) is 9.72. The normalized spacial score (nSPS) is 14.7. The van der Waals surface area contributed by atoms with Gasteiger partial charge in [-0.25, -0.2) is 9.97 Å². The van der Waals surface area contributed by atoms with Crippen molar-refractivity contribution in [1.29, 1.82) is 0 Å². The Morgan fingerprint density at radius 2 is 1.75 bits per heavy atom. The molecule has 1 aromatic carbocycles. The number of fused-ring (bicyclic) bond motifs is 1. The van der Waals surface area contributed by atoms with Crippen molar-refractivity contribution in [1.82, 2.24) is 9.97 Å². The maximum atomic E-state index is 6.35. The van der Waals surface area contributed by atoms with Crippen LogP contribution in [0.1, 0.15) is 41.9 Å². The highest BCUT2D eigenvalue weighted by molar-refractivity contribution is 9.10. The maximum Gasteiger partial charge on any atom is 0.136 e. The van der Waals surface area contributed by atoms with Crippen molar-refractivity contribution < 1.29 is 0 Å². The van der Waals surface area contributed by atoms with E-state index in [9.17, 15) is 0 Å². The third-order valence-electron chi connectivity index (χ3n) is 3.70. The van der Waals surface area contributed by atoms with Crippen LogP contribution in [0.5, 0.6) is 0 Å². The van der Waals surface area contributed by atoms with Crippen LogP contribution in [0.25, 0.3) is 0 Å². The van der Waals surface area contributed by atoms with Gasteiger partial charge in [-0.2, -0.15) is 0 Å². The van der Waals surface area contributed by atoms with Gasteiger partial charge in [-0.1, -0.05) is 46.1 Å². The Labute approximate surface area is 132 Å². The summed E-state index contributed by atoms with van der Waals surface area (Å²) >= 11 is 9.80. The lowest BCUT2D eigenvalue weighted by molar-refractivity contribution is 0.708. The smallest absolute Gasteiger partial charge is 0.136 e. The van der Waals surface area contributed by atoms with Gasteiger partial charge in [-0.15, -0.1) is 0 Å². The molecule has 0 bridgehead atoms. The number of rotatable bonds is 2. The number of aromatic nitrogens is 2. The molecule has 0 unspecified atom stereocenters. The number of benzene rings is 1. The Balaban J connectivity index is 1.89. The van der Waals surface area contributed by atoms with Gasteiger partial charge < -0.3 is 0 Å². The SMILES string of the molecule is Clc1nc(Cc2ccc(Br)cc2)nc2c1CCCCC2. The monoisotopic (exact) mass is 350 g/mol. The molecule has 1 aliphatic rings. The van der Waals surface area contributed by atoms with E-state index in [0.29, 0.717) is 5.15 Å². The van der Waals surface area contributed by atoms with Crippen LogP contribution in [0.3, 0.4) is 0 Å². The molecule has 2 nitrogen and oxygen atoms in total. The average Bonchev–Trinajstić information content (AvgIpc) is 2.67. The van der Waals surface area contributed by atoms with E-state index in [-0.39, 0.29) is 0 Å². The first-order valence-electron chi connectivity index (χ1n) is 7.01. The molecule has 0 aliphatic heterocycles. The first-order valence-corrected chi connectivity index (χ1v) is 8.18. The van der Waals surface area contributed by atoms with E-state index < -0.39 is 0 Å². The second kappa shape index (κ2) is 6.23. The lowest BCUT2D eigenvalue weighted by Gasteiger charge is -2.09. The molecule has 0 saturated carbocycles. The van der Waals surface area contributed by atoms with Gasteiger partial charge in [0.1, 0.15) is 11.0 Å². The molecule has 0 N–H and O–H groups in total. The van der Waals surface area contributed by atoms with E-state index in [1.807, 2.05) is 12.1 Å². The van der Waals surface area contributed by atoms with Gasteiger partial charge in [-0.05, 0) is 43.4 Å². The third kappa shape index (κ3) is 3.21. The summed E-state index contributed by atoms with van der Waals surface area (Å²) in [5.74, 6) is 0.831. The Morgan fingerprint density at radius 1 is 1.00 bits per heavy atom. The lowest BCUT2D eigenvalue weighted by Crippen LogP contribution is -2.05. The predicted molar refractivity (Wildman–Crippen MR) is 85.2 cm³/mol. The zero-order valence-electron chi connectivity index (χ0n) is 11.2. The van der Waals surface area contributed by atoms with E-state index in [0.717, 1.165) is 35.3 Å². The summed E-state index contributed by atoms with van der Waals surface area (Å²) in [4.78, 5) is 9.23. The molecule has 4 heteroatoms. The summed E-state index contributed by atoms with van der Waals surface area (Å²) in [6.07, 6.45) is 6.45. The highest BCUT2D eigenvalue weighted by Crippen LogP contribution is 2.25. The summed E-state index contributed by atoms with van der Waals surface area (Å²) in [7, 11) is 0. The van der Waals surface area contributed by atoms with Crippen molar-refractivity contribution in [2.24, 2.45) is 0 Å². The number of nitrogens with zero attached hydrogens (tertiary/aromatic N) is 2. The minimum atomic E-state index is 0.656. The molecule has 104 valence electrons. The molecule has 0 spiro atoms. The predicted octanol–water partition coefficient (Wildman–Crippen LogP) is 4.75. The molecule has 1 aromatic heterocycles. The zero-order valence-corrected chi connectivity index (χ0v) is 13.5. The number of aryl methyl sites for hydroxylation is 1. The van der Waals surface area contributed by atoms with Gasteiger partial charge in [0.2, 0.25) is 0 Å². The van der Waals surface area contributed by atoms with Gasteiger partial charge in [0.05, 0.1) is 0 Å². The minimum Gasteiger partial charge on any atom is -0.237 e. The van der Waals surface area contributed by atoms with Crippen LogP contribution in [0.15, 0.2) is 28.7 Å². The quantitative estimate of drug-likeness (QED) is 0.576. The van der Waals surface area contributed by atoms with Gasteiger partial charge in [-0.3, -0.25) is 0 Å². The second-order valence-electron chi connectivity index (χ2n) is 5.22. The van der Waals surface area contributed by atoms with Crippen molar-refractivity contribution in [2.45, 2.75) is 38.5 Å². The maximum absolute atomic E-state index is 6.35. The van der Waals surface area contributed by atoms with Crippen LogP contribution < -0.4 is 0 Å². The van der Waals surface area contributed by atoms with Gasteiger partial charge in [0.25, 0.3) is 0 Å². The van der Waals surface area contributed by atoms with E-state index in [1.54, 1.807) is 0 Å². The molecule has 3 rings (SSSR count).